The van der Waals surface area contributed by atoms with Crippen molar-refractivity contribution in [2.24, 2.45) is 17.8 Å². The number of pyridine rings is 1. The minimum absolute atomic E-state index is 0.163. The van der Waals surface area contributed by atoms with Gasteiger partial charge >= 0.3 is 5.97 Å². The molecule has 7 rings (SSSR count). The molecule has 4 heterocycles. The number of fused-ring (bicyclic) bond motifs is 5. The van der Waals surface area contributed by atoms with Crippen LogP contribution in [0.25, 0.3) is 33.6 Å². The number of aliphatic carboxylic acids is 1. The van der Waals surface area contributed by atoms with Crippen molar-refractivity contribution in [2.45, 2.75) is 31.7 Å². The van der Waals surface area contributed by atoms with Gasteiger partial charge in [-0.3, -0.25) is 4.79 Å². The van der Waals surface area contributed by atoms with Crippen molar-refractivity contribution in [3.8, 4) is 11.4 Å². The fraction of sp³-hybridized carbons (Fsp3) is 0.364. The molecule has 0 unspecified atom stereocenters. The zero-order valence-electron chi connectivity index (χ0n) is 17.0. The van der Waals surface area contributed by atoms with Gasteiger partial charge in [0, 0.05) is 35.6 Å². The summed E-state index contributed by atoms with van der Waals surface area (Å²) in [7, 11) is 0. The van der Waals surface area contributed by atoms with E-state index in [0.29, 0.717) is 39.4 Å². The second kappa shape index (κ2) is 7.18. The largest absolute Gasteiger partial charge is 0.481 e. The average molecular weight is 433 g/mol. The number of carboxylic acid groups (broad SMARTS) is 1. The predicted molar refractivity (Wildman–Crippen MR) is 114 cm³/mol. The molecule has 32 heavy (non-hydrogen) atoms. The number of H-pyrrole nitrogens is 1. The average Bonchev–Trinajstić information content (AvgIpc) is 3.22. The Labute approximate surface area is 181 Å². The van der Waals surface area contributed by atoms with E-state index in [4.69, 9.17) is 4.98 Å². The Morgan fingerprint density at radius 2 is 1.88 bits per heavy atom. The molecule has 3 N–H and O–H groups in total. The molecule has 9 nitrogen and oxygen atoms in total. The molecule has 0 spiro atoms. The first kappa shape index (κ1) is 19.0. The van der Waals surface area contributed by atoms with Crippen molar-refractivity contribution in [2.75, 3.05) is 5.32 Å². The number of anilines is 1. The van der Waals surface area contributed by atoms with Gasteiger partial charge in [-0.1, -0.05) is 0 Å². The van der Waals surface area contributed by atoms with Crippen LogP contribution in [0, 0.1) is 23.6 Å². The Hall–Kier alpha value is -3.69. The molecule has 2 bridgehead atoms. The van der Waals surface area contributed by atoms with Crippen molar-refractivity contribution >= 4 is 34.0 Å². The highest BCUT2D eigenvalue weighted by Gasteiger charge is 2.47. The quantitative estimate of drug-likeness (QED) is 0.446. The number of hydrogen-bond acceptors (Lipinski definition) is 7. The monoisotopic (exact) mass is 433 g/mol. The van der Waals surface area contributed by atoms with E-state index in [1.807, 2.05) is 0 Å². The molecule has 0 aromatic carbocycles. The fourth-order valence-corrected chi connectivity index (χ4v) is 5.42. The maximum atomic E-state index is 13.8. The molecule has 0 aliphatic heterocycles. The zero-order chi connectivity index (χ0) is 21.8. The van der Waals surface area contributed by atoms with E-state index >= 15 is 0 Å². The number of hydrogen-bond donors (Lipinski definition) is 3. The molecule has 3 aliphatic rings. The van der Waals surface area contributed by atoms with Gasteiger partial charge in [0.2, 0.25) is 0 Å². The number of rotatable bonds is 4. The van der Waals surface area contributed by atoms with Gasteiger partial charge in [-0.05, 0) is 43.6 Å². The standard InChI is InChI=1S/C22H20FN7O2/c23-12-7-13-14(9-27-18(13)26-8-12)19-29-20-17(24-5-6-25-20)21(30-19)28-16-11-3-1-10(2-4-11)15(16)22(31)32/h5-11,15-16H,1-4H2,(H,26,27)(H,31,32)(H,25,28,29,30)/t10?,11?,15-,16-/m0/s1. The summed E-state index contributed by atoms with van der Waals surface area (Å²) >= 11 is 0. The second-order valence-corrected chi connectivity index (χ2v) is 8.59. The molecular formula is C22H20FN7O2. The van der Waals surface area contributed by atoms with Crippen LogP contribution in [0.4, 0.5) is 10.2 Å². The molecule has 3 saturated carbocycles. The summed E-state index contributed by atoms with van der Waals surface area (Å²) in [6.45, 7) is 0. The van der Waals surface area contributed by atoms with E-state index in [0.717, 1.165) is 31.9 Å². The van der Waals surface area contributed by atoms with E-state index in [1.165, 1.54) is 6.07 Å². The van der Waals surface area contributed by atoms with Gasteiger partial charge in [0.25, 0.3) is 0 Å². The first-order valence-corrected chi connectivity index (χ1v) is 10.7. The van der Waals surface area contributed by atoms with Crippen LogP contribution in [0.2, 0.25) is 0 Å². The number of nitrogens with zero attached hydrogens (tertiary/aromatic N) is 5. The summed E-state index contributed by atoms with van der Waals surface area (Å²) in [5, 5.41) is 13.9. The summed E-state index contributed by atoms with van der Waals surface area (Å²) in [4.78, 5) is 37.2. The first-order chi connectivity index (χ1) is 15.6. The number of nitrogens with one attached hydrogen (secondary N) is 2. The highest BCUT2D eigenvalue weighted by molar-refractivity contribution is 5.93. The number of aromatic nitrogens is 6. The van der Waals surface area contributed by atoms with Crippen molar-refractivity contribution in [3.63, 3.8) is 0 Å². The van der Waals surface area contributed by atoms with Crippen LogP contribution in [0.5, 0.6) is 0 Å². The number of carbonyl (C=O) groups is 1. The molecular weight excluding hydrogens is 413 g/mol. The minimum atomic E-state index is -0.778. The van der Waals surface area contributed by atoms with Crippen LogP contribution < -0.4 is 5.32 Å². The Kier molecular flexibility index (Phi) is 4.27. The predicted octanol–water partition coefficient (Wildman–Crippen LogP) is 3.40. The second-order valence-electron chi connectivity index (χ2n) is 8.59. The van der Waals surface area contributed by atoms with Gasteiger partial charge < -0.3 is 15.4 Å². The summed E-state index contributed by atoms with van der Waals surface area (Å²) in [5.41, 5.74) is 1.97. The van der Waals surface area contributed by atoms with E-state index in [2.05, 4.69) is 30.2 Å². The lowest BCUT2D eigenvalue weighted by molar-refractivity contribution is -0.148. The maximum Gasteiger partial charge on any atom is 0.308 e. The van der Waals surface area contributed by atoms with Crippen LogP contribution in [-0.2, 0) is 4.79 Å². The lowest BCUT2D eigenvalue weighted by Crippen LogP contribution is -2.51. The normalized spacial score (nSPS) is 24.8. The molecule has 0 saturated heterocycles. The Morgan fingerprint density at radius 3 is 2.69 bits per heavy atom. The number of halogens is 1. The van der Waals surface area contributed by atoms with Crippen LogP contribution in [-0.4, -0.2) is 47.0 Å². The van der Waals surface area contributed by atoms with E-state index < -0.39 is 17.7 Å². The Balaban J connectivity index is 1.48. The third kappa shape index (κ3) is 2.97. The molecule has 4 aromatic rings. The van der Waals surface area contributed by atoms with Crippen molar-refractivity contribution in [1.29, 1.82) is 0 Å². The van der Waals surface area contributed by atoms with Crippen LogP contribution in [0.15, 0.2) is 30.9 Å². The number of aromatic amines is 1. The van der Waals surface area contributed by atoms with Crippen molar-refractivity contribution in [1.82, 2.24) is 29.9 Å². The molecule has 3 fully saturated rings. The van der Waals surface area contributed by atoms with Gasteiger partial charge in [-0.15, -0.1) is 0 Å². The van der Waals surface area contributed by atoms with Gasteiger partial charge in [0.15, 0.2) is 17.3 Å². The highest BCUT2D eigenvalue weighted by Crippen LogP contribution is 2.46. The molecule has 10 heteroatoms. The Morgan fingerprint density at radius 1 is 1.09 bits per heavy atom. The Bertz CT molecular complexity index is 1350. The minimum Gasteiger partial charge on any atom is -0.481 e. The maximum absolute atomic E-state index is 13.8. The highest BCUT2D eigenvalue weighted by atomic mass is 19.1. The van der Waals surface area contributed by atoms with Gasteiger partial charge in [0.1, 0.15) is 17.0 Å². The summed E-state index contributed by atoms with van der Waals surface area (Å²) in [6, 6.07) is 1.14. The van der Waals surface area contributed by atoms with E-state index in [9.17, 15) is 14.3 Å². The van der Waals surface area contributed by atoms with Gasteiger partial charge in [-0.25, -0.2) is 29.3 Å². The van der Waals surface area contributed by atoms with Gasteiger partial charge in [0.05, 0.1) is 12.1 Å². The third-order valence-electron chi connectivity index (χ3n) is 6.88. The molecule has 2 atom stereocenters. The van der Waals surface area contributed by atoms with Crippen molar-refractivity contribution in [3.05, 3.63) is 36.7 Å². The smallest absolute Gasteiger partial charge is 0.308 e. The molecule has 0 radical (unpaired) electrons. The summed E-state index contributed by atoms with van der Waals surface area (Å²) in [6.07, 6.45) is 9.83. The van der Waals surface area contributed by atoms with Crippen LogP contribution >= 0.6 is 0 Å². The number of carboxylic acids is 1. The molecule has 3 aliphatic carbocycles. The molecule has 0 amide bonds. The molecule has 162 valence electrons. The van der Waals surface area contributed by atoms with Crippen molar-refractivity contribution < 1.29 is 14.3 Å². The van der Waals surface area contributed by atoms with Crippen LogP contribution in [0.3, 0.4) is 0 Å². The lowest BCUT2D eigenvalue weighted by atomic mass is 9.61. The van der Waals surface area contributed by atoms with E-state index in [-0.39, 0.29) is 17.9 Å². The molecule has 4 aromatic heterocycles. The fourth-order valence-electron chi connectivity index (χ4n) is 5.42. The zero-order valence-corrected chi connectivity index (χ0v) is 17.0. The third-order valence-corrected chi connectivity index (χ3v) is 6.88. The summed E-state index contributed by atoms with van der Waals surface area (Å²) < 4.78 is 13.8. The lowest BCUT2D eigenvalue weighted by Gasteiger charge is -2.47. The SMILES string of the molecule is O=C(O)[C@H]1C2CCC(CC2)[C@@H]1Nc1nc(-c2c[nH]c3ncc(F)cc23)nc2nccnc12. The summed E-state index contributed by atoms with van der Waals surface area (Å²) in [5.74, 6) is -0.500. The first-order valence-electron chi connectivity index (χ1n) is 10.7. The topological polar surface area (TPSA) is 130 Å². The van der Waals surface area contributed by atoms with E-state index in [1.54, 1.807) is 18.6 Å². The van der Waals surface area contributed by atoms with Crippen LogP contribution in [0.1, 0.15) is 25.7 Å². The van der Waals surface area contributed by atoms with Gasteiger partial charge in [-0.2, -0.15) is 0 Å².